The first kappa shape index (κ1) is 19.3. The number of carbonyl (C=O) groups is 1. The second-order valence-corrected chi connectivity index (χ2v) is 7.30. The van der Waals surface area contributed by atoms with Crippen molar-refractivity contribution >= 4 is 11.6 Å². The van der Waals surface area contributed by atoms with Crippen molar-refractivity contribution in [3.63, 3.8) is 0 Å². The standard InChI is InChI=1S/C21H21F2N3O3/c1-12-8-18(28-11-15-16(22)4-3-5-17(15)23)20-24-13(2)19(26(20)9-12)21(27)25-29-10-14-6-7-14/h3-5,8-9,14H,6-7,10-11H2,1-2H3,(H,25,27). The molecule has 1 amide bonds. The molecule has 1 aromatic carbocycles. The van der Waals surface area contributed by atoms with Crippen LogP contribution in [0.1, 0.15) is 40.2 Å². The second kappa shape index (κ2) is 7.79. The average molecular weight is 401 g/mol. The molecule has 3 aromatic rings. The van der Waals surface area contributed by atoms with Gasteiger partial charge >= 0.3 is 0 Å². The van der Waals surface area contributed by atoms with Gasteiger partial charge < -0.3 is 4.74 Å². The van der Waals surface area contributed by atoms with E-state index < -0.39 is 17.5 Å². The van der Waals surface area contributed by atoms with E-state index in [-0.39, 0.29) is 12.2 Å². The molecule has 0 spiro atoms. The number of ether oxygens (including phenoxy) is 1. The minimum absolute atomic E-state index is 0.165. The number of nitrogens with zero attached hydrogens (tertiary/aromatic N) is 2. The average Bonchev–Trinajstić information content (AvgIpc) is 3.42. The summed E-state index contributed by atoms with van der Waals surface area (Å²) in [4.78, 5) is 22.3. The molecule has 0 aliphatic heterocycles. The van der Waals surface area contributed by atoms with Gasteiger partial charge in [-0.15, -0.1) is 0 Å². The number of benzene rings is 1. The molecule has 4 rings (SSSR count). The fraction of sp³-hybridized carbons (Fsp3) is 0.333. The largest absolute Gasteiger partial charge is 0.485 e. The fourth-order valence-corrected chi connectivity index (χ4v) is 3.12. The summed E-state index contributed by atoms with van der Waals surface area (Å²) in [6, 6.07) is 5.37. The van der Waals surface area contributed by atoms with Crippen molar-refractivity contribution < 1.29 is 23.1 Å². The van der Waals surface area contributed by atoms with Crippen molar-refractivity contribution in [3.8, 4) is 5.75 Å². The summed E-state index contributed by atoms with van der Waals surface area (Å²) in [5, 5.41) is 0. The van der Waals surface area contributed by atoms with Crippen molar-refractivity contribution in [2.75, 3.05) is 6.61 Å². The van der Waals surface area contributed by atoms with Crippen molar-refractivity contribution in [3.05, 3.63) is 64.6 Å². The van der Waals surface area contributed by atoms with Gasteiger partial charge in [0, 0.05) is 6.20 Å². The van der Waals surface area contributed by atoms with E-state index in [1.54, 1.807) is 23.6 Å². The Morgan fingerprint density at radius 2 is 2.00 bits per heavy atom. The summed E-state index contributed by atoms with van der Waals surface area (Å²) in [5.74, 6) is -0.928. The smallest absolute Gasteiger partial charge is 0.293 e. The van der Waals surface area contributed by atoms with Crippen molar-refractivity contribution in [2.45, 2.75) is 33.3 Å². The highest BCUT2D eigenvalue weighted by atomic mass is 19.1. The van der Waals surface area contributed by atoms with Crippen molar-refractivity contribution in [1.29, 1.82) is 0 Å². The number of hydrogen-bond acceptors (Lipinski definition) is 4. The van der Waals surface area contributed by atoms with Gasteiger partial charge in [0.2, 0.25) is 0 Å². The number of halogens is 2. The van der Waals surface area contributed by atoms with Crippen molar-refractivity contribution in [1.82, 2.24) is 14.9 Å². The van der Waals surface area contributed by atoms with Crippen LogP contribution in [0.3, 0.4) is 0 Å². The minimum atomic E-state index is -0.680. The van der Waals surface area contributed by atoms with E-state index in [4.69, 9.17) is 9.57 Å². The van der Waals surface area contributed by atoms with Crippen LogP contribution in [0.25, 0.3) is 5.65 Å². The Morgan fingerprint density at radius 3 is 2.69 bits per heavy atom. The molecule has 2 aromatic heterocycles. The number of pyridine rings is 1. The lowest BCUT2D eigenvalue weighted by molar-refractivity contribution is 0.0264. The molecule has 8 heteroatoms. The maximum atomic E-state index is 13.9. The second-order valence-electron chi connectivity index (χ2n) is 7.30. The molecule has 1 saturated carbocycles. The molecule has 1 aliphatic carbocycles. The van der Waals surface area contributed by atoms with Crippen LogP contribution in [0, 0.1) is 31.4 Å². The lowest BCUT2D eigenvalue weighted by Gasteiger charge is -2.11. The SMILES string of the molecule is Cc1cc(OCc2c(F)cccc2F)c2nc(C)c(C(=O)NOCC3CC3)n2c1. The highest BCUT2D eigenvalue weighted by molar-refractivity contribution is 5.94. The Kier molecular flexibility index (Phi) is 5.19. The Hall–Kier alpha value is -3.00. The van der Waals surface area contributed by atoms with Crippen LogP contribution >= 0.6 is 0 Å². The zero-order chi connectivity index (χ0) is 20.5. The van der Waals surface area contributed by atoms with Crippen molar-refractivity contribution in [2.24, 2.45) is 5.92 Å². The van der Waals surface area contributed by atoms with E-state index in [1.807, 2.05) is 6.92 Å². The van der Waals surface area contributed by atoms with Gasteiger partial charge in [0.25, 0.3) is 5.91 Å². The first-order valence-electron chi connectivity index (χ1n) is 9.41. The van der Waals surface area contributed by atoms with Crippen LogP contribution in [0.15, 0.2) is 30.5 Å². The zero-order valence-corrected chi connectivity index (χ0v) is 16.2. The van der Waals surface area contributed by atoms with Gasteiger partial charge in [-0.3, -0.25) is 14.0 Å². The topological polar surface area (TPSA) is 64.9 Å². The zero-order valence-electron chi connectivity index (χ0n) is 16.2. The lowest BCUT2D eigenvalue weighted by atomic mass is 10.2. The number of hydrogen-bond donors (Lipinski definition) is 1. The third-order valence-electron chi connectivity index (χ3n) is 4.83. The number of fused-ring (bicyclic) bond motifs is 1. The molecule has 0 saturated heterocycles. The number of imidazole rings is 1. The number of nitrogens with one attached hydrogen (secondary N) is 1. The molecule has 29 heavy (non-hydrogen) atoms. The van der Waals surface area contributed by atoms with Crippen LogP contribution in [-0.2, 0) is 11.4 Å². The first-order chi connectivity index (χ1) is 13.9. The van der Waals surface area contributed by atoms with Crippen LogP contribution in [0.4, 0.5) is 8.78 Å². The van der Waals surface area contributed by atoms with E-state index >= 15 is 0 Å². The molecule has 2 heterocycles. The molecule has 6 nitrogen and oxygen atoms in total. The highest BCUT2D eigenvalue weighted by Gasteiger charge is 2.24. The van der Waals surface area contributed by atoms with Crippen LogP contribution in [0.5, 0.6) is 5.75 Å². The lowest BCUT2D eigenvalue weighted by Crippen LogP contribution is -2.26. The van der Waals surface area contributed by atoms with E-state index in [2.05, 4.69) is 10.5 Å². The Bertz CT molecular complexity index is 1060. The highest BCUT2D eigenvalue weighted by Crippen LogP contribution is 2.29. The van der Waals surface area contributed by atoms with E-state index in [1.165, 1.54) is 18.2 Å². The van der Waals surface area contributed by atoms with Gasteiger partial charge in [-0.1, -0.05) is 6.07 Å². The molecule has 1 N–H and O–H groups in total. The third kappa shape index (κ3) is 4.07. The Balaban J connectivity index is 1.60. The molecule has 152 valence electrons. The van der Waals surface area contributed by atoms with E-state index in [0.717, 1.165) is 18.4 Å². The monoisotopic (exact) mass is 401 g/mol. The fourth-order valence-electron chi connectivity index (χ4n) is 3.12. The Labute approximate surface area is 166 Å². The van der Waals surface area contributed by atoms with E-state index in [9.17, 15) is 13.6 Å². The van der Waals surface area contributed by atoms with Gasteiger partial charge in [-0.25, -0.2) is 19.2 Å². The van der Waals surface area contributed by atoms with Gasteiger partial charge in [0.1, 0.15) is 23.9 Å². The number of aromatic nitrogens is 2. The summed E-state index contributed by atoms with van der Waals surface area (Å²) in [5.41, 5.74) is 4.29. The third-order valence-corrected chi connectivity index (χ3v) is 4.83. The van der Waals surface area contributed by atoms with Crippen LogP contribution in [0.2, 0.25) is 0 Å². The summed E-state index contributed by atoms with van der Waals surface area (Å²) in [6.07, 6.45) is 3.99. The normalized spacial score (nSPS) is 13.7. The molecular formula is C21H21F2N3O3. The molecule has 0 atom stereocenters. The van der Waals surface area contributed by atoms with E-state index in [0.29, 0.717) is 35.3 Å². The predicted molar refractivity (Wildman–Crippen MR) is 101 cm³/mol. The molecule has 1 aliphatic rings. The maximum absolute atomic E-state index is 13.9. The summed E-state index contributed by atoms with van der Waals surface area (Å²) in [6.45, 7) is 3.73. The predicted octanol–water partition coefficient (Wildman–Crippen LogP) is 3.88. The van der Waals surface area contributed by atoms with Crippen LogP contribution in [-0.4, -0.2) is 21.9 Å². The maximum Gasteiger partial charge on any atom is 0.293 e. The molecular weight excluding hydrogens is 380 g/mol. The summed E-state index contributed by atoms with van der Waals surface area (Å²) < 4.78 is 35.1. The summed E-state index contributed by atoms with van der Waals surface area (Å²) >= 11 is 0. The first-order valence-corrected chi connectivity index (χ1v) is 9.41. The van der Waals surface area contributed by atoms with Gasteiger partial charge in [0.05, 0.1) is 17.9 Å². The van der Waals surface area contributed by atoms with Crippen LogP contribution < -0.4 is 10.2 Å². The molecule has 0 unspecified atom stereocenters. The van der Waals surface area contributed by atoms with Gasteiger partial charge in [-0.2, -0.15) is 0 Å². The van der Waals surface area contributed by atoms with Gasteiger partial charge in [-0.05, 0) is 56.4 Å². The minimum Gasteiger partial charge on any atom is -0.485 e. The number of carbonyl (C=O) groups excluding carboxylic acids is 1. The number of amides is 1. The number of rotatable bonds is 7. The summed E-state index contributed by atoms with van der Waals surface area (Å²) in [7, 11) is 0. The molecule has 0 radical (unpaired) electrons. The van der Waals surface area contributed by atoms with Gasteiger partial charge in [0.15, 0.2) is 11.4 Å². The molecule has 0 bridgehead atoms. The quantitative estimate of drug-likeness (QED) is 0.611. The Morgan fingerprint density at radius 1 is 1.28 bits per heavy atom. The number of aryl methyl sites for hydroxylation is 2. The number of hydroxylamine groups is 1. The molecule has 1 fully saturated rings.